The molecule has 2 bridgehead atoms. The van der Waals surface area contributed by atoms with Crippen LogP contribution in [0, 0.1) is 29.6 Å². The summed E-state index contributed by atoms with van der Waals surface area (Å²) in [5.41, 5.74) is 0.131. The third-order valence-electron chi connectivity index (χ3n) is 8.38. The molecule has 0 spiro atoms. The maximum atomic E-state index is 13.7. The van der Waals surface area contributed by atoms with Gasteiger partial charge in [-0.1, -0.05) is 45.5 Å². The van der Waals surface area contributed by atoms with Gasteiger partial charge in [-0.15, -0.1) is 11.8 Å². The Balaban J connectivity index is 1.30. The van der Waals surface area contributed by atoms with Crippen molar-refractivity contribution in [2.75, 3.05) is 4.90 Å². The van der Waals surface area contributed by atoms with Crippen LogP contribution in [0.4, 0.5) is 18.9 Å². The molecule has 2 amide bonds. The molecule has 2 aliphatic heterocycles. The summed E-state index contributed by atoms with van der Waals surface area (Å²) in [6, 6.07) is 12.4. The quantitative estimate of drug-likeness (QED) is 0.369. The van der Waals surface area contributed by atoms with Crippen LogP contribution in [0.25, 0.3) is 0 Å². The summed E-state index contributed by atoms with van der Waals surface area (Å²) in [4.78, 5) is 44.4. The van der Waals surface area contributed by atoms with E-state index in [1.807, 2.05) is 24.3 Å². The van der Waals surface area contributed by atoms with Gasteiger partial charge in [-0.2, -0.15) is 13.2 Å². The first-order chi connectivity index (χ1) is 17.6. The standard InChI is InChI=1S/C26H18BrF3N2O3S2/c27-12-6-4-10(5-7-12)16-17-14-9-15(20(17)36-22-21(16)37-25(35)31-22)19-18(14)23(33)32(24(19)34)13-3-1-2-11(8-13)26(28,29)30/h1-8,14-20H,9H2,(H,31,35)/t14-,15-,16+,17-,18+,19-,20-/m1/s1. The van der Waals surface area contributed by atoms with Gasteiger partial charge >= 0.3 is 11.0 Å². The lowest BCUT2D eigenvalue weighted by atomic mass is 9.68. The molecule has 7 atom stereocenters. The Morgan fingerprint density at radius 3 is 2.38 bits per heavy atom. The van der Waals surface area contributed by atoms with E-state index >= 15 is 0 Å². The predicted molar refractivity (Wildman–Crippen MR) is 137 cm³/mol. The number of carbonyl (C=O) groups excluding carboxylic acids is 2. The molecule has 11 heteroatoms. The summed E-state index contributed by atoms with van der Waals surface area (Å²) >= 11 is 6.25. The zero-order chi connectivity index (χ0) is 25.8. The number of thiazole rings is 1. The topological polar surface area (TPSA) is 70.2 Å². The molecule has 3 heterocycles. The van der Waals surface area contributed by atoms with Crippen molar-refractivity contribution in [2.45, 2.75) is 28.8 Å². The molecule has 7 rings (SSSR count). The average Bonchev–Trinajstić information content (AvgIpc) is 3.58. The van der Waals surface area contributed by atoms with Crippen molar-refractivity contribution >= 4 is 56.5 Å². The third kappa shape index (κ3) is 3.39. The van der Waals surface area contributed by atoms with Crippen LogP contribution in [0.3, 0.4) is 0 Å². The number of aromatic nitrogens is 1. The lowest BCUT2D eigenvalue weighted by Gasteiger charge is -2.43. The van der Waals surface area contributed by atoms with E-state index in [0.717, 1.165) is 43.4 Å². The maximum Gasteiger partial charge on any atom is 0.416 e. The van der Waals surface area contributed by atoms with Gasteiger partial charge in [0.1, 0.15) is 0 Å². The molecule has 0 radical (unpaired) electrons. The number of carbonyl (C=O) groups is 2. The highest BCUT2D eigenvalue weighted by Crippen LogP contribution is 2.68. The average molecular weight is 607 g/mol. The van der Waals surface area contributed by atoms with Crippen molar-refractivity contribution < 1.29 is 22.8 Å². The molecule has 5 nitrogen and oxygen atoms in total. The van der Waals surface area contributed by atoms with Crippen molar-refractivity contribution in [3.8, 4) is 0 Å². The first-order valence-corrected chi connectivity index (χ1v) is 14.3. The first kappa shape index (κ1) is 23.7. The van der Waals surface area contributed by atoms with E-state index in [1.165, 1.54) is 23.5 Å². The van der Waals surface area contributed by atoms with E-state index in [1.54, 1.807) is 11.8 Å². The Morgan fingerprint density at radius 2 is 1.68 bits per heavy atom. The molecule has 3 fully saturated rings. The van der Waals surface area contributed by atoms with Crippen LogP contribution in [0.2, 0.25) is 0 Å². The normalized spacial score (nSPS) is 32.0. The molecule has 1 N–H and O–H groups in total. The molecule has 1 saturated heterocycles. The van der Waals surface area contributed by atoms with Crippen LogP contribution in [-0.2, 0) is 15.8 Å². The van der Waals surface area contributed by atoms with E-state index < -0.39 is 35.4 Å². The summed E-state index contributed by atoms with van der Waals surface area (Å²) in [6.45, 7) is 0. The number of hydrogen-bond acceptors (Lipinski definition) is 5. The van der Waals surface area contributed by atoms with Crippen LogP contribution in [0.15, 0.2) is 62.8 Å². The van der Waals surface area contributed by atoms with Gasteiger partial charge in [0, 0.05) is 20.5 Å². The maximum absolute atomic E-state index is 13.7. The van der Waals surface area contributed by atoms with Crippen molar-refractivity contribution in [2.24, 2.45) is 29.6 Å². The number of fused-ring (bicyclic) bond motifs is 9. The Morgan fingerprint density at radius 1 is 0.973 bits per heavy atom. The molecule has 1 aromatic heterocycles. The highest BCUT2D eigenvalue weighted by molar-refractivity contribution is 9.10. The van der Waals surface area contributed by atoms with Crippen LogP contribution in [0.1, 0.15) is 28.3 Å². The second-order valence-corrected chi connectivity index (χ2v) is 13.2. The number of H-pyrrole nitrogens is 1. The van der Waals surface area contributed by atoms with Gasteiger partial charge in [0.05, 0.1) is 28.1 Å². The first-order valence-electron chi connectivity index (χ1n) is 11.8. The van der Waals surface area contributed by atoms with E-state index in [-0.39, 0.29) is 39.5 Å². The molecule has 2 aliphatic carbocycles. The van der Waals surface area contributed by atoms with Crippen LogP contribution >= 0.6 is 39.0 Å². The number of alkyl halides is 3. The Hall–Kier alpha value is -2.37. The summed E-state index contributed by atoms with van der Waals surface area (Å²) in [7, 11) is 0. The van der Waals surface area contributed by atoms with Crippen molar-refractivity contribution in [1.82, 2.24) is 4.98 Å². The molecule has 3 aromatic rings. The van der Waals surface area contributed by atoms with Gasteiger partial charge in [0.25, 0.3) is 0 Å². The van der Waals surface area contributed by atoms with Gasteiger partial charge in [-0.3, -0.25) is 19.3 Å². The summed E-state index contributed by atoms with van der Waals surface area (Å²) < 4.78 is 41.0. The van der Waals surface area contributed by atoms with Crippen molar-refractivity contribution in [3.05, 3.63) is 78.7 Å². The van der Waals surface area contributed by atoms with E-state index in [4.69, 9.17) is 0 Å². The fourth-order valence-electron chi connectivity index (χ4n) is 7.14. The largest absolute Gasteiger partial charge is 0.416 e. The van der Waals surface area contributed by atoms with E-state index in [0.29, 0.717) is 0 Å². The number of nitrogens with zero attached hydrogens (tertiary/aromatic N) is 1. The zero-order valence-corrected chi connectivity index (χ0v) is 22.1. The number of nitrogens with one attached hydrogen (secondary N) is 1. The second-order valence-electron chi connectivity index (χ2n) is 10.1. The monoisotopic (exact) mass is 606 g/mol. The minimum atomic E-state index is -4.57. The minimum absolute atomic E-state index is 0.0239. The Kier molecular flexibility index (Phi) is 5.17. The van der Waals surface area contributed by atoms with Gasteiger partial charge in [-0.05, 0) is 60.1 Å². The highest BCUT2D eigenvalue weighted by Gasteiger charge is 2.69. The number of benzene rings is 2. The summed E-state index contributed by atoms with van der Waals surface area (Å²) in [5.74, 6) is -2.19. The Labute approximate surface area is 225 Å². The van der Waals surface area contributed by atoms with Crippen molar-refractivity contribution in [1.29, 1.82) is 0 Å². The number of amides is 2. The van der Waals surface area contributed by atoms with Crippen LogP contribution in [-0.4, -0.2) is 22.0 Å². The molecule has 2 saturated carbocycles. The summed E-state index contributed by atoms with van der Waals surface area (Å²) in [6.07, 6.45) is -3.85. The molecular formula is C26H18BrF3N2O3S2. The van der Waals surface area contributed by atoms with Gasteiger partial charge in [-0.25, -0.2) is 0 Å². The van der Waals surface area contributed by atoms with Gasteiger partial charge < -0.3 is 4.98 Å². The number of anilines is 1. The second kappa shape index (κ2) is 8.07. The lowest BCUT2D eigenvalue weighted by molar-refractivity contribution is -0.137. The third-order valence-corrected chi connectivity index (χ3v) is 11.5. The van der Waals surface area contributed by atoms with Crippen LogP contribution < -0.4 is 9.77 Å². The molecule has 0 unspecified atom stereocenters. The van der Waals surface area contributed by atoms with E-state index in [2.05, 4.69) is 20.9 Å². The molecule has 37 heavy (non-hydrogen) atoms. The predicted octanol–water partition coefficient (Wildman–Crippen LogP) is 5.90. The van der Waals surface area contributed by atoms with Gasteiger partial charge in [0.2, 0.25) is 11.8 Å². The smallest absolute Gasteiger partial charge is 0.307 e. The SMILES string of the molecule is O=C1[C@@H]2[C@H]3C[C@@H]([C@@H]2C(=O)N1c1cccc(C(F)(F)F)c1)[C@@H]1[C@H](c2ccc(Br)cc2)c2sc(=O)[nH]c2S[C@H]31. The molecule has 190 valence electrons. The highest BCUT2D eigenvalue weighted by atomic mass is 79.9. The fraction of sp³-hybridized carbons (Fsp3) is 0.346. The Bertz CT molecular complexity index is 1520. The molecular weight excluding hydrogens is 589 g/mol. The lowest BCUT2D eigenvalue weighted by Crippen LogP contribution is -2.42. The summed E-state index contributed by atoms with van der Waals surface area (Å²) in [5, 5.41) is 0.843. The number of imide groups is 1. The number of hydrogen-bond donors (Lipinski definition) is 1. The number of rotatable bonds is 2. The molecule has 2 aromatic carbocycles. The zero-order valence-electron chi connectivity index (χ0n) is 18.9. The molecule has 4 aliphatic rings. The van der Waals surface area contributed by atoms with Crippen LogP contribution in [0.5, 0.6) is 0 Å². The number of thioether (sulfide) groups is 1. The van der Waals surface area contributed by atoms with E-state index in [9.17, 15) is 27.6 Å². The number of halogens is 4. The fourth-order valence-corrected chi connectivity index (χ4v) is 10.3. The minimum Gasteiger partial charge on any atom is -0.307 e. The number of aromatic amines is 1. The van der Waals surface area contributed by atoms with Gasteiger partial charge in [0.15, 0.2) is 0 Å². The van der Waals surface area contributed by atoms with Crippen molar-refractivity contribution in [3.63, 3.8) is 0 Å².